The van der Waals surface area contributed by atoms with Crippen LogP contribution in [0, 0.1) is 0 Å². The summed E-state index contributed by atoms with van der Waals surface area (Å²) >= 11 is 0. The monoisotopic (exact) mass is 368 g/mol. The van der Waals surface area contributed by atoms with Gasteiger partial charge in [0, 0.05) is 5.57 Å². The summed E-state index contributed by atoms with van der Waals surface area (Å²) in [5, 5.41) is 9.57. The molecule has 0 aromatic heterocycles. The molecule has 1 heterocycles. The maximum Gasteiger partial charge on any atom is 0.525 e. The Labute approximate surface area is 158 Å². The molecule has 0 spiro atoms. The van der Waals surface area contributed by atoms with Crippen LogP contribution in [-0.4, -0.2) is 29.4 Å². The Hall–Kier alpha value is -2.44. The fourth-order valence-corrected chi connectivity index (χ4v) is 2.98. The van der Waals surface area contributed by atoms with Crippen LogP contribution in [0.2, 0.25) is 0 Å². The fourth-order valence-electron chi connectivity index (χ4n) is 2.98. The highest BCUT2D eigenvalue weighted by molar-refractivity contribution is 6.55. The van der Waals surface area contributed by atoms with E-state index in [-0.39, 0.29) is 16.7 Å². The van der Waals surface area contributed by atoms with Crippen molar-refractivity contribution in [3.05, 3.63) is 77.0 Å². The van der Waals surface area contributed by atoms with Crippen LogP contribution in [-0.2, 0) is 9.31 Å². The first-order valence-corrected chi connectivity index (χ1v) is 8.77. The predicted molar refractivity (Wildman–Crippen MR) is 103 cm³/mol. The molecule has 0 amide bonds. The first-order chi connectivity index (χ1) is 12.6. The van der Waals surface area contributed by atoms with Gasteiger partial charge in [-0.25, -0.2) is 9.18 Å². The van der Waals surface area contributed by atoms with Crippen molar-refractivity contribution in [2.24, 2.45) is 0 Å². The highest BCUT2D eigenvalue weighted by Gasteiger charge is 2.53. The van der Waals surface area contributed by atoms with Crippen LogP contribution in [0.25, 0.3) is 5.57 Å². The molecule has 0 aliphatic carbocycles. The van der Waals surface area contributed by atoms with Gasteiger partial charge in [0.2, 0.25) is 0 Å². The second-order valence-electron chi connectivity index (χ2n) is 7.53. The van der Waals surface area contributed by atoms with Crippen molar-refractivity contribution in [3.63, 3.8) is 0 Å². The van der Waals surface area contributed by atoms with Crippen molar-refractivity contribution in [1.82, 2.24) is 0 Å². The average Bonchev–Trinajstić information content (AvgIpc) is 2.84. The summed E-state index contributed by atoms with van der Waals surface area (Å²) < 4.78 is 27.4. The van der Waals surface area contributed by atoms with E-state index >= 15 is 4.39 Å². The summed E-state index contributed by atoms with van der Waals surface area (Å²) in [6.45, 7) is 7.36. The molecule has 4 nitrogen and oxygen atoms in total. The number of aromatic carboxylic acids is 1. The van der Waals surface area contributed by atoms with Gasteiger partial charge in [0.1, 0.15) is 5.73 Å². The van der Waals surface area contributed by atoms with Crippen molar-refractivity contribution < 1.29 is 23.6 Å². The summed E-state index contributed by atoms with van der Waals surface area (Å²) in [6.07, 6.45) is 0. The smallest absolute Gasteiger partial charge is 0.478 e. The highest BCUT2D eigenvalue weighted by Crippen LogP contribution is 2.41. The number of carboxylic acid groups (broad SMARTS) is 1. The lowest BCUT2D eigenvalue weighted by Gasteiger charge is -2.32. The fraction of sp³-hybridized carbons (Fsp3) is 0.286. The number of halogens is 1. The Bertz CT molecular complexity index is 874. The topological polar surface area (TPSA) is 55.8 Å². The molecule has 0 atom stereocenters. The van der Waals surface area contributed by atoms with E-state index in [0.717, 1.165) is 0 Å². The zero-order valence-corrected chi connectivity index (χ0v) is 15.8. The maximum atomic E-state index is 15.7. The third-order valence-electron chi connectivity index (χ3n) is 5.19. The van der Waals surface area contributed by atoms with E-state index in [9.17, 15) is 9.90 Å². The van der Waals surface area contributed by atoms with Gasteiger partial charge in [-0.15, -0.1) is 0 Å². The first kappa shape index (κ1) is 19.3. The molecular weight excluding hydrogens is 346 g/mol. The highest BCUT2D eigenvalue weighted by atomic mass is 19.1. The van der Waals surface area contributed by atoms with Gasteiger partial charge in [-0.05, 0) is 44.9 Å². The number of carbonyl (C=O) groups is 1. The predicted octanol–water partition coefficient (Wildman–Crippen LogP) is 4.75. The lowest BCUT2D eigenvalue weighted by molar-refractivity contribution is 0.00578. The van der Waals surface area contributed by atoms with E-state index < -0.39 is 30.0 Å². The lowest BCUT2D eigenvalue weighted by Crippen LogP contribution is -2.41. The second-order valence-corrected chi connectivity index (χ2v) is 7.53. The van der Waals surface area contributed by atoms with Crippen molar-refractivity contribution in [2.45, 2.75) is 38.9 Å². The summed E-state index contributed by atoms with van der Waals surface area (Å²) in [7, 11) is -1.22. The molecule has 3 rings (SSSR count). The average molecular weight is 368 g/mol. The van der Waals surface area contributed by atoms with Gasteiger partial charge in [-0.1, -0.05) is 48.5 Å². The Balaban J connectivity index is 2.21. The maximum absolute atomic E-state index is 15.7. The molecule has 27 heavy (non-hydrogen) atoms. The molecule has 0 bridgehead atoms. The zero-order chi connectivity index (χ0) is 19.8. The minimum atomic E-state index is -1.22. The quantitative estimate of drug-likeness (QED) is 0.792. The van der Waals surface area contributed by atoms with Crippen LogP contribution in [0.15, 0.2) is 60.3 Å². The molecule has 6 heteroatoms. The molecule has 1 aliphatic heterocycles. The number of hydrogen-bond acceptors (Lipinski definition) is 3. The lowest BCUT2D eigenvalue weighted by atomic mass is 9.79. The SMILES string of the molecule is CC1(C)OB(C(F)=C(c2ccccc2)c2ccccc2C(=O)O)OC1(C)C. The van der Waals surface area contributed by atoms with Gasteiger partial charge >= 0.3 is 13.1 Å². The summed E-state index contributed by atoms with van der Waals surface area (Å²) in [4.78, 5) is 11.7. The van der Waals surface area contributed by atoms with E-state index in [4.69, 9.17) is 9.31 Å². The van der Waals surface area contributed by atoms with Gasteiger partial charge in [-0.2, -0.15) is 0 Å². The van der Waals surface area contributed by atoms with Crippen molar-refractivity contribution in [3.8, 4) is 0 Å². The minimum Gasteiger partial charge on any atom is -0.478 e. The molecule has 1 N–H and O–H groups in total. The van der Waals surface area contributed by atoms with Crippen LogP contribution in [0.1, 0.15) is 49.2 Å². The Morgan fingerprint density at radius 2 is 1.37 bits per heavy atom. The Morgan fingerprint density at radius 3 is 1.89 bits per heavy atom. The van der Waals surface area contributed by atoms with Gasteiger partial charge in [-0.3, -0.25) is 0 Å². The molecule has 140 valence electrons. The van der Waals surface area contributed by atoms with E-state index in [2.05, 4.69) is 0 Å². The standard InChI is InChI=1S/C21H22BFO4/c1-20(2)21(3,4)27-22(26-20)18(23)17(14-10-6-5-7-11-14)15-12-8-9-13-16(15)19(24)25/h5-13H,1-4H3,(H,24,25). The molecule has 1 aliphatic rings. The molecule has 2 aromatic carbocycles. The normalized spacial score (nSPS) is 18.9. The molecule has 1 saturated heterocycles. The number of carboxylic acids is 1. The van der Waals surface area contributed by atoms with Crippen LogP contribution in [0.4, 0.5) is 4.39 Å². The van der Waals surface area contributed by atoms with E-state index in [1.165, 1.54) is 6.07 Å². The molecular formula is C21H22BFO4. The van der Waals surface area contributed by atoms with E-state index in [1.54, 1.807) is 42.5 Å². The van der Waals surface area contributed by atoms with E-state index in [1.807, 2.05) is 33.8 Å². The molecule has 0 saturated carbocycles. The Kier molecular flexibility index (Phi) is 4.97. The van der Waals surface area contributed by atoms with Gasteiger partial charge in [0.05, 0.1) is 16.8 Å². The van der Waals surface area contributed by atoms with Crippen molar-refractivity contribution in [2.75, 3.05) is 0 Å². The Morgan fingerprint density at radius 1 is 0.889 bits per heavy atom. The first-order valence-electron chi connectivity index (χ1n) is 8.77. The largest absolute Gasteiger partial charge is 0.525 e. The minimum absolute atomic E-state index is 0.0167. The molecule has 1 fully saturated rings. The van der Waals surface area contributed by atoms with Gasteiger partial charge in [0.15, 0.2) is 0 Å². The summed E-state index contributed by atoms with van der Waals surface area (Å²) in [6, 6.07) is 15.2. The molecule has 2 aromatic rings. The number of hydrogen-bond donors (Lipinski definition) is 1. The third kappa shape index (κ3) is 3.55. The summed E-state index contributed by atoms with van der Waals surface area (Å²) in [5.41, 5.74) is -1.04. The second kappa shape index (κ2) is 6.95. The zero-order valence-electron chi connectivity index (χ0n) is 15.8. The van der Waals surface area contributed by atoms with Crippen LogP contribution in [0.5, 0.6) is 0 Å². The van der Waals surface area contributed by atoms with Crippen molar-refractivity contribution >= 4 is 18.7 Å². The summed E-state index contributed by atoms with van der Waals surface area (Å²) in [5.74, 6) is -1.12. The van der Waals surface area contributed by atoms with E-state index in [0.29, 0.717) is 5.56 Å². The number of rotatable bonds is 4. The van der Waals surface area contributed by atoms with Crippen molar-refractivity contribution in [1.29, 1.82) is 0 Å². The third-order valence-corrected chi connectivity index (χ3v) is 5.19. The molecule has 0 radical (unpaired) electrons. The van der Waals surface area contributed by atoms with Crippen LogP contribution < -0.4 is 0 Å². The van der Waals surface area contributed by atoms with Crippen LogP contribution in [0.3, 0.4) is 0 Å². The van der Waals surface area contributed by atoms with Gasteiger partial charge in [0.25, 0.3) is 0 Å². The van der Waals surface area contributed by atoms with Gasteiger partial charge < -0.3 is 14.4 Å². The van der Waals surface area contributed by atoms with Crippen LogP contribution >= 0.6 is 0 Å². The molecule has 0 unspecified atom stereocenters. The number of benzene rings is 2.